The summed E-state index contributed by atoms with van der Waals surface area (Å²) in [5.41, 5.74) is 1.62. The second kappa shape index (κ2) is 14.6. The molecular formula is C36H42ClF3N4O6S. The highest BCUT2D eigenvalue weighted by molar-refractivity contribution is 7.89. The zero-order chi connectivity index (χ0) is 36.6. The van der Waals surface area contributed by atoms with Gasteiger partial charge in [0.05, 0.1) is 17.5 Å². The Labute approximate surface area is 301 Å². The van der Waals surface area contributed by atoms with Gasteiger partial charge in [-0.1, -0.05) is 48.0 Å². The van der Waals surface area contributed by atoms with E-state index in [2.05, 4.69) is 32.0 Å². The molecule has 3 aromatic carbocycles. The molecule has 0 bridgehead atoms. The van der Waals surface area contributed by atoms with Crippen LogP contribution in [0.4, 0.5) is 18.0 Å². The van der Waals surface area contributed by atoms with Crippen LogP contribution in [0.2, 0.25) is 5.02 Å². The van der Waals surface area contributed by atoms with Gasteiger partial charge in [-0.25, -0.2) is 13.2 Å². The summed E-state index contributed by atoms with van der Waals surface area (Å²) in [6.45, 7) is 8.36. The number of carbonyl (C=O) groups is 1. The topological polar surface area (TPSA) is 104 Å². The fourth-order valence-electron chi connectivity index (χ4n) is 6.81. The maximum absolute atomic E-state index is 14.2. The van der Waals surface area contributed by atoms with Crippen LogP contribution in [-0.4, -0.2) is 97.7 Å². The van der Waals surface area contributed by atoms with E-state index in [0.717, 1.165) is 41.0 Å². The second-order valence-electron chi connectivity index (χ2n) is 14.1. The number of benzene rings is 3. The molecule has 0 aromatic heterocycles. The van der Waals surface area contributed by atoms with Gasteiger partial charge in [0.1, 0.15) is 11.4 Å². The number of halogens is 4. The van der Waals surface area contributed by atoms with Crippen LogP contribution in [0.5, 0.6) is 5.75 Å². The molecule has 1 amide bonds. The number of rotatable bonds is 9. The van der Waals surface area contributed by atoms with E-state index in [4.69, 9.17) is 21.1 Å². The lowest BCUT2D eigenvalue weighted by molar-refractivity contribution is -0.274. The minimum Gasteiger partial charge on any atom is -0.444 e. The van der Waals surface area contributed by atoms with Gasteiger partial charge in [0, 0.05) is 50.3 Å². The Morgan fingerprint density at radius 1 is 0.922 bits per heavy atom. The molecule has 276 valence electrons. The van der Waals surface area contributed by atoms with Crippen LogP contribution < -0.4 is 10.1 Å². The largest absolute Gasteiger partial charge is 0.573 e. The summed E-state index contributed by atoms with van der Waals surface area (Å²) in [5, 5.41) is 3.61. The first-order valence-corrected chi connectivity index (χ1v) is 18.7. The Morgan fingerprint density at radius 2 is 1.51 bits per heavy atom. The molecule has 15 heteroatoms. The quantitative estimate of drug-likeness (QED) is 0.248. The van der Waals surface area contributed by atoms with Crippen molar-refractivity contribution in [2.45, 2.75) is 74.8 Å². The highest BCUT2D eigenvalue weighted by Crippen LogP contribution is 2.43. The van der Waals surface area contributed by atoms with Crippen molar-refractivity contribution in [3.63, 3.8) is 0 Å². The molecule has 0 aliphatic carbocycles. The number of amides is 1. The molecule has 3 heterocycles. The second-order valence-corrected chi connectivity index (χ2v) is 16.5. The summed E-state index contributed by atoms with van der Waals surface area (Å²) in [6, 6.07) is 19.4. The highest BCUT2D eigenvalue weighted by Gasteiger charge is 2.61. The number of hydrogen-bond acceptors (Lipinski definition) is 8. The Bertz CT molecular complexity index is 1780. The zero-order valence-electron chi connectivity index (χ0n) is 28.7. The van der Waals surface area contributed by atoms with Gasteiger partial charge in [-0.15, -0.1) is 13.2 Å². The van der Waals surface area contributed by atoms with E-state index < -0.39 is 45.6 Å². The van der Waals surface area contributed by atoms with Crippen molar-refractivity contribution in [2.24, 2.45) is 0 Å². The van der Waals surface area contributed by atoms with Gasteiger partial charge >= 0.3 is 12.5 Å². The van der Waals surface area contributed by atoms with E-state index in [1.165, 1.54) is 4.31 Å². The number of likely N-dealkylation sites (tertiary alicyclic amines) is 1. The fraction of sp³-hybridized carbons (Fsp3) is 0.472. The Morgan fingerprint density at radius 3 is 2.06 bits per heavy atom. The molecule has 3 aliphatic heterocycles. The van der Waals surface area contributed by atoms with E-state index >= 15 is 0 Å². The maximum Gasteiger partial charge on any atom is 0.573 e. The summed E-state index contributed by atoms with van der Waals surface area (Å²) in [5.74, 6) is -0.505. The summed E-state index contributed by atoms with van der Waals surface area (Å²) in [4.78, 5) is 16.6. The lowest BCUT2D eigenvalue weighted by Crippen LogP contribution is -2.65. The average molecular weight is 751 g/mol. The van der Waals surface area contributed by atoms with Gasteiger partial charge in [0.25, 0.3) is 0 Å². The Balaban J connectivity index is 1.20. The third kappa shape index (κ3) is 9.16. The number of hydrogen-bond donors (Lipinski definition) is 1. The average Bonchev–Trinajstić information content (AvgIpc) is 3.87. The van der Waals surface area contributed by atoms with Crippen LogP contribution >= 0.6 is 11.6 Å². The Kier molecular flexibility index (Phi) is 10.7. The predicted molar refractivity (Wildman–Crippen MR) is 186 cm³/mol. The van der Waals surface area contributed by atoms with E-state index in [1.807, 2.05) is 36.4 Å². The lowest BCUT2D eigenvalue weighted by atomic mass is 9.98. The molecule has 10 nitrogen and oxygen atoms in total. The maximum atomic E-state index is 14.2. The van der Waals surface area contributed by atoms with Crippen LogP contribution in [-0.2, 0) is 26.0 Å². The normalized spacial score (nSPS) is 22.8. The van der Waals surface area contributed by atoms with Crippen LogP contribution in [0.3, 0.4) is 0 Å². The molecule has 51 heavy (non-hydrogen) atoms. The number of piperidine rings is 1. The van der Waals surface area contributed by atoms with Gasteiger partial charge in [-0.05, 0) is 86.7 Å². The Hall–Kier alpha value is -3.40. The molecule has 6 rings (SSSR count). The summed E-state index contributed by atoms with van der Waals surface area (Å²) in [7, 11) is -4.15. The molecule has 3 fully saturated rings. The first-order valence-electron chi connectivity index (χ1n) is 16.8. The fourth-order valence-corrected chi connectivity index (χ4v) is 8.57. The number of epoxide rings is 1. The third-order valence-corrected chi connectivity index (χ3v) is 11.5. The number of nitrogens with one attached hydrogen (secondary N) is 1. The number of alkyl carbamates (subject to hydrolysis) is 1. The van der Waals surface area contributed by atoms with E-state index in [0.29, 0.717) is 57.2 Å². The van der Waals surface area contributed by atoms with Crippen molar-refractivity contribution in [2.75, 3.05) is 39.3 Å². The van der Waals surface area contributed by atoms with Gasteiger partial charge in [0.2, 0.25) is 10.0 Å². The van der Waals surface area contributed by atoms with Gasteiger partial charge < -0.3 is 19.5 Å². The molecule has 0 spiro atoms. The van der Waals surface area contributed by atoms with E-state index in [-0.39, 0.29) is 17.5 Å². The number of nitrogens with zero attached hydrogens (tertiary/aromatic N) is 3. The molecule has 3 aromatic rings. The summed E-state index contributed by atoms with van der Waals surface area (Å²) < 4.78 is 83.8. The van der Waals surface area contributed by atoms with Crippen LogP contribution in [0, 0.1) is 0 Å². The minimum absolute atomic E-state index is 0.108. The zero-order valence-corrected chi connectivity index (χ0v) is 30.2. The highest BCUT2D eigenvalue weighted by atomic mass is 35.5. The minimum atomic E-state index is -4.90. The van der Waals surface area contributed by atoms with Crippen LogP contribution in [0.1, 0.15) is 39.2 Å². The molecule has 3 saturated heterocycles. The van der Waals surface area contributed by atoms with Crippen molar-refractivity contribution < 1.29 is 40.6 Å². The van der Waals surface area contributed by atoms with Crippen LogP contribution in [0.15, 0.2) is 77.7 Å². The molecule has 0 saturated carbocycles. The first-order chi connectivity index (χ1) is 24.0. The molecular weight excluding hydrogens is 709 g/mol. The van der Waals surface area contributed by atoms with Gasteiger partial charge in [-0.3, -0.25) is 9.80 Å². The molecule has 1 unspecified atom stereocenters. The smallest absolute Gasteiger partial charge is 0.444 e. The molecule has 1 N–H and O–H groups in total. The standard InChI is InChI=1S/C36H42ClF3N4O6S/c1-34(2,3)50-33(45)41-29-16-18-43(19-17-29)35(24-48-35)32-23-42(22-25-4-6-26(7-5-25)27-8-10-28(37)11-9-27)20-21-44(32)51(46,47)31-14-12-30(13-15-31)49-36(38,39)40/h4-15,29,32H,16-24H2,1-3H3,(H,41,45)/t32-,35?/m0/s1. The number of carbonyl (C=O) groups excluding carboxylic acids is 1. The first kappa shape index (κ1) is 37.4. The van der Waals surface area contributed by atoms with Crippen molar-refractivity contribution >= 4 is 27.7 Å². The summed E-state index contributed by atoms with van der Waals surface area (Å²) >= 11 is 6.05. The molecule has 2 atom stereocenters. The number of ether oxygens (including phenoxy) is 3. The lowest BCUT2D eigenvalue weighted by Gasteiger charge is -2.47. The van der Waals surface area contributed by atoms with Crippen LogP contribution in [0.25, 0.3) is 11.1 Å². The summed E-state index contributed by atoms with van der Waals surface area (Å²) in [6.07, 6.45) is -4.14. The monoisotopic (exact) mass is 750 g/mol. The van der Waals surface area contributed by atoms with Gasteiger partial charge in [-0.2, -0.15) is 4.31 Å². The number of piperazine rings is 1. The van der Waals surface area contributed by atoms with Crippen molar-refractivity contribution in [1.29, 1.82) is 0 Å². The van der Waals surface area contributed by atoms with E-state index in [9.17, 15) is 26.4 Å². The third-order valence-electron chi connectivity index (χ3n) is 9.33. The van der Waals surface area contributed by atoms with Crippen molar-refractivity contribution in [1.82, 2.24) is 19.4 Å². The number of sulfonamides is 1. The SMILES string of the molecule is CC(C)(C)OC(=O)NC1CCN(C2([C@@H]3CN(Cc4ccc(-c5ccc(Cl)cc5)cc4)CCN3S(=O)(=O)c3ccc(OC(F)(F)F)cc3)CO2)CC1. The predicted octanol–water partition coefficient (Wildman–Crippen LogP) is 6.50. The van der Waals surface area contributed by atoms with Crippen molar-refractivity contribution in [3.05, 3.63) is 83.4 Å². The van der Waals surface area contributed by atoms with Crippen molar-refractivity contribution in [3.8, 4) is 16.9 Å². The van der Waals surface area contributed by atoms with Gasteiger partial charge in [0.15, 0.2) is 5.72 Å². The molecule has 3 aliphatic rings. The van der Waals surface area contributed by atoms with E-state index in [1.54, 1.807) is 20.8 Å². The number of alkyl halides is 3. The molecule has 0 radical (unpaired) electrons.